The Morgan fingerprint density at radius 2 is 2.00 bits per heavy atom. The van der Waals surface area contributed by atoms with E-state index in [-0.39, 0.29) is 18.1 Å². The fourth-order valence-electron chi connectivity index (χ4n) is 2.73. The van der Waals surface area contributed by atoms with Gasteiger partial charge in [-0.3, -0.25) is 4.79 Å². The lowest BCUT2D eigenvalue weighted by atomic mass is 10.1. The van der Waals surface area contributed by atoms with Crippen molar-refractivity contribution in [3.63, 3.8) is 0 Å². The first-order valence-electron chi connectivity index (χ1n) is 8.58. The summed E-state index contributed by atoms with van der Waals surface area (Å²) in [5, 5.41) is 0.529. The third-order valence-corrected chi connectivity index (χ3v) is 4.49. The molecule has 1 atom stereocenters. The highest BCUT2D eigenvalue weighted by atomic mass is 35.5. The van der Waals surface area contributed by atoms with Gasteiger partial charge in [0.2, 0.25) is 5.78 Å². The molecular weight excluding hydrogens is 368 g/mol. The molecule has 0 N–H and O–H groups in total. The molecule has 1 aliphatic heterocycles. The predicted octanol–water partition coefficient (Wildman–Crippen LogP) is 4.60. The van der Waals surface area contributed by atoms with Crippen molar-refractivity contribution < 1.29 is 23.8 Å². The number of hydrogen-bond acceptors (Lipinski definition) is 5. The number of ketones is 1. The summed E-state index contributed by atoms with van der Waals surface area (Å²) in [5.41, 5.74) is 1.78. The number of hydrogen-bond donors (Lipinski definition) is 0. The number of halogens is 1. The molecule has 1 unspecified atom stereocenters. The number of carbonyl (C=O) groups is 2. The maximum Gasteiger partial charge on any atom is 0.347 e. The molecule has 2 aromatic carbocycles. The molecule has 0 saturated heterocycles. The van der Waals surface area contributed by atoms with Gasteiger partial charge in [0.05, 0.1) is 12.2 Å². The van der Waals surface area contributed by atoms with Gasteiger partial charge < -0.3 is 14.2 Å². The maximum atomic E-state index is 12.6. The molecule has 1 aliphatic rings. The van der Waals surface area contributed by atoms with Crippen LogP contribution in [-0.2, 0) is 9.53 Å². The topological polar surface area (TPSA) is 61.8 Å². The predicted molar refractivity (Wildman–Crippen MR) is 102 cm³/mol. The van der Waals surface area contributed by atoms with Crippen molar-refractivity contribution in [1.29, 1.82) is 0 Å². The van der Waals surface area contributed by atoms with E-state index in [2.05, 4.69) is 0 Å². The Hall–Kier alpha value is -2.79. The van der Waals surface area contributed by atoms with E-state index >= 15 is 0 Å². The monoisotopic (exact) mass is 386 g/mol. The standard InChI is InChI=1S/C21H19ClO5/c1-4-25-21(24)13(3)26-17-10-9-15-19(23)18(27-20(15)12(17)2)11-14-7-5-6-8-16(14)22/h5-11,13H,4H2,1-3H3/b18-11-. The Morgan fingerprint density at radius 1 is 1.26 bits per heavy atom. The van der Waals surface area contributed by atoms with Gasteiger partial charge in [0.25, 0.3) is 0 Å². The van der Waals surface area contributed by atoms with Crippen molar-refractivity contribution in [2.24, 2.45) is 0 Å². The first-order valence-corrected chi connectivity index (χ1v) is 8.95. The van der Waals surface area contributed by atoms with Crippen LogP contribution in [0.1, 0.15) is 35.3 Å². The molecule has 6 heteroatoms. The summed E-state index contributed by atoms with van der Waals surface area (Å²) >= 11 is 6.16. The van der Waals surface area contributed by atoms with Crippen molar-refractivity contribution in [1.82, 2.24) is 0 Å². The van der Waals surface area contributed by atoms with Gasteiger partial charge in [0.1, 0.15) is 11.5 Å². The highest BCUT2D eigenvalue weighted by molar-refractivity contribution is 6.32. The Bertz CT molecular complexity index is 932. The van der Waals surface area contributed by atoms with Crippen molar-refractivity contribution in [2.45, 2.75) is 26.9 Å². The Kier molecular flexibility index (Phi) is 5.51. The molecule has 1 heterocycles. The summed E-state index contributed by atoms with van der Waals surface area (Å²) < 4.78 is 16.4. The molecule has 2 aromatic rings. The number of Topliss-reactive ketones (excluding diaryl/α,β-unsaturated/α-hetero) is 1. The van der Waals surface area contributed by atoms with E-state index in [0.717, 1.165) is 0 Å². The van der Waals surface area contributed by atoms with E-state index in [1.165, 1.54) is 0 Å². The van der Waals surface area contributed by atoms with E-state index in [1.807, 2.05) is 12.1 Å². The third kappa shape index (κ3) is 3.83. The first kappa shape index (κ1) is 19.0. The van der Waals surface area contributed by atoms with Crippen LogP contribution >= 0.6 is 11.6 Å². The lowest BCUT2D eigenvalue weighted by Gasteiger charge is -2.16. The molecule has 0 fully saturated rings. The molecule has 0 aromatic heterocycles. The van der Waals surface area contributed by atoms with E-state index in [9.17, 15) is 9.59 Å². The van der Waals surface area contributed by atoms with Crippen LogP contribution < -0.4 is 9.47 Å². The fourth-order valence-corrected chi connectivity index (χ4v) is 2.92. The smallest absolute Gasteiger partial charge is 0.347 e. The van der Waals surface area contributed by atoms with Crippen LogP contribution in [0.4, 0.5) is 0 Å². The lowest BCUT2D eigenvalue weighted by Crippen LogP contribution is -2.26. The summed E-state index contributed by atoms with van der Waals surface area (Å²) in [4.78, 5) is 24.4. The van der Waals surface area contributed by atoms with Crippen LogP contribution in [-0.4, -0.2) is 24.5 Å². The van der Waals surface area contributed by atoms with Gasteiger partial charge in [-0.05, 0) is 50.6 Å². The van der Waals surface area contributed by atoms with Crippen LogP contribution in [0.5, 0.6) is 11.5 Å². The Labute approximate surface area is 162 Å². The molecule has 0 aliphatic carbocycles. The number of rotatable bonds is 5. The molecule has 140 valence electrons. The second-order valence-corrected chi connectivity index (χ2v) is 6.45. The van der Waals surface area contributed by atoms with Crippen molar-refractivity contribution >= 4 is 29.4 Å². The molecule has 0 saturated carbocycles. The molecule has 0 amide bonds. The van der Waals surface area contributed by atoms with E-state index in [4.69, 9.17) is 25.8 Å². The minimum Gasteiger partial charge on any atom is -0.479 e. The highest BCUT2D eigenvalue weighted by Crippen LogP contribution is 2.39. The molecule has 0 bridgehead atoms. The molecule has 0 radical (unpaired) electrons. The van der Waals surface area contributed by atoms with Gasteiger partial charge in [-0.25, -0.2) is 4.79 Å². The van der Waals surface area contributed by atoms with E-state index in [1.54, 1.807) is 51.1 Å². The SMILES string of the molecule is CCOC(=O)C(C)Oc1ccc2c(c1C)O/C(=C\c1ccccc1Cl)C2=O. The third-order valence-electron chi connectivity index (χ3n) is 4.15. The molecule has 3 rings (SSSR count). The number of esters is 1. The second kappa shape index (κ2) is 7.84. The average Bonchev–Trinajstić information content (AvgIpc) is 2.96. The van der Waals surface area contributed by atoms with Gasteiger partial charge in [0, 0.05) is 10.6 Å². The van der Waals surface area contributed by atoms with Crippen LogP contribution in [0.3, 0.4) is 0 Å². The average molecular weight is 387 g/mol. The lowest BCUT2D eigenvalue weighted by molar-refractivity contribution is -0.150. The van der Waals surface area contributed by atoms with Crippen LogP contribution in [0, 0.1) is 6.92 Å². The number of ether oxygens (including phenoxy) is 3. The minimum absolute atomic E-state index is 0.191. The van der Waals surface area contributed by atoms with Crippen molar-refractivity contribution in [3.8, 4) is 11.5 Å². The van der Waals surface area contributed by atoms with Crippen molar-refractivity contribution in [3.05, 3.63) is 63.9 Å². The zero-order valence-electron chi connectivity index (χ0n) is 15.2. The summed E-state index contributed by atoms with van der Waals surface area (Å²) in [7, 11) is 0. The Balaban J connectivity index is 1.88. The van der Waals surface area contributed by atoms with Crippen LogP contribution in [0.15, 0.2) is 42.2 Å². The van der Waals surface area contributed by atoms with Gasteiger partial charge in [0.15, 0.2) is 11.9 Å². The van der Waals surface area contributed by atoms with Gasteiger partial charge in [-0.15, -0.1) is 0 Å². The summed E-state index contributed by atoms with van der Waals surface area (Å²) in [6, 6.07) is 10.5. The van der Waals surface area contributed by atoms with Crippen LogP contribution in [0.25, 0.3) is 6.08 Å². The van der Waals surface area contributed by atoms with Crippen molar-refractivity contribution in [2.75, 3.05) is 6.61 Å². The van der Waals surface area contributed by atoms with Gasteiger partial charge in [-0.2, -0.15) is 0 Å². The van der Waals surface area contributed by atoms with Gasteiger partial charge in [-0.1, -0.05) is 29.8 Å². The summed E-state index contributed by atoms with van der Waals surface area (Å²) in [6.07, 6.45) is 0.850. The number of allylic oxidation sites excluding steroid dienone is 1. The van der Waals surface area contributed by atoms with E-state index < -0.39 is 12.1 Å². The molecule has 5 nitrogen and oxygen atoms in total. The second-order valence-electron chi connectivity index (χ2n) is 6.04. The quantitative estimate of drug-likeness (QED) is 0.555. The molecule has 27 heavy (non-hydrogen) atoms. The number of carbonyl (C=O) groups excluding carboxylic acids is 2. The fraction of sp³-hybridized carbons (Fsp3) is 0.238. The zero-order valence-corrected chi connectivity index (χ0v) is 16.0. The first-order chi connectivity index (χ1) is 12.9. The minimum atomic E-state index is -0.767. The maximum absolute atomic E-state index is 12.6. The molecule has 0 spiro atoms. The zero-order chi connectivity index (χ0) is 19.6. The Morgan fingerprint density at radius 3 is 2.70 bits per heavy atom. The summed E-state index contributed by atoms with van der Waals surface area (Å²) in [6.45, 7) is 5.40. The number of benzene rings is 2. The van der Waals surface area contributed by atoms with Crippen LogP contribution in [0.2, 0.25) is 5.02 Å². The normalized spacial score (nSPS) is 15.3. The summed E-state index contributed by atoms with van der Waals surface area (Å²) in [5.74, 6) is 0.399. The van der Waals surface area contributed by atoms with Gasteiger partial charge >= 0.3 is 5.97 Å². The van der Waals surface area contributed by atoms with E-state index in [0.29, 0.717) is 33.2 Å². The highest BCUT2D eigenvalue weighted by Gasteiger charge is 2.31. The largest absolute Gasteiger partial charge is 0.479 e. The molecular formula is C21H19ClO5. The number of fused-ring (bicyclic) bond motifs is 1.